The van der Waals surface area contributed by atoms with Crippen molar-refractivity contribution in [2.24, 2.45) is 11.3 Å². The van der Waals surface area contributed by atoms with E-state index in [0.717, 1.165) is 24.8 Å². The third-order valence-electron chi connectivity index (χ3n) is 3.47. The quantitative estimate of drug-likeness (QED) is 0.437. The third-order valence-corrected chi connectivity index (χ3v) is 3.47. The number of ether oxygens (including phenoxy) is 1. The van der Waals surface area contributed by atoms with Crippen LogP contribution in [0.15, 0.2) is 23.8 Å². The molecule has 0 aromatic heterocycles. The molecule has 0 spiro atoms. The molecular weight excluding hydrogens is 236 g/mol. The highest BCUT2D eigenvalue weighted by atomic mass is 16.5. The van der Waals surface area contributed by atoms with E-state index in [9.17, 15) is 4.79 Å². The highest BCUT2D eigenvalue weighted by Gasteiger charge is 2.28. The summed E-state index contributed by atoms with van der Waals surface area (Å²) in [6, 6.07) is 0. The van der Waals surface area contributed by atoms with Crippen molar-refractivity contribution in [3.8, 4) is 12.3 Å². The number of allylic oxidation sites excluding steroid dienone is 2. The minimum absolute atomic E-state index is 0.252. The van der Waals surface area contributed by atoms with Crippen molar-refractivity contribution in [3.63, 3.8) is 0 Å². The smallest absolute Gasteiger partial charge is 0.312 e. The lowest BCUT2D eigenvalue weighted by Gasteiger charge is -2.26. The second kappa shape index (κ2) is 6.10. The molecule has 19 heavy (non-hydrogen) atoms. The van der Waals surface area contributed by atoms with Gasteiger partial charge in [0.15, 0.2) is 6.10 Å². The second-order valence-corrected chi connectivity index (χ2v) is 6.30. The van der Waals surface area contributed by atoms with Gasteiger partial charge in [0.1, 0.15) is 0 Å². The van der Waals surface area contributed by atoms with Gasteiger partial charge in [-0.2, -0.15) is 0 Å². The molecule has 0 bridgehead atoms. The Balaban J connectivity index is 2.71. The molecule has 0 heterocycles. The molecule has 0 N–H and O–H groups in total. The summed E-state index contributed by atoms with van der Waals surface area (Å²) < 4.78 is 5.43. The lowest BCUT2D eigenvalue weighted by Crippen LogP contribution is -2.29. The summed E-state index contributed by atoms with van der Waals surface area (Å²) >= 11 is 0. The second-order valence-electron chi connectivity index (χ2n) is 6.30. The van der Waals surface area contributed by atoms with Gasteiger partial charge in [0, 0.05) is 0 Å². The summed E-state index contributed by atoms with van der Waals surface area (Å²) in [6.07, 6.45) is 9.96. The number of hydrogen-bond donors (Lipinski definition) is 0. The molecule has 2 atom stereocenters. The van der Waals surface area contributed by atoms with Gasteiger partial charge in [-0.15, -0.1) is 6.42 Å². The van der Waals surface area contributed by atoms with E-state index in [-0.39, 0.29) is 5.97 Å². The van der Waals surface area contributed by atoms with E-state index in [2.05, 4.69) is 25.5 Å². The standard InChI is InChI=1S/C17H24O2/c1-7-15(19-16(18)17(4,5)6)14-10-8-13(9-11-14)12(2)3/h1,10,13,15H,2,8-9,11H2,3-6H3. The van der Waals surface area contributed by atoms with Crippen LogP contribution >= 0.6 is 0 Å². The van der Waals surface area contributed by atoms with Crippen molar-refractivity contribution >= 4 is 5.97 Å². The number of carbonyl (C=O) groups excluding carboxylic acids is 1. The number of carbonyl (C=O) groups is 1. The van der Waals surface area contributed by atoms with Gasteiger partial charge in [-0.1, -0.05) is 24.1 Å². The molecule has 0 aromatic rings. The van der Waals surface area contributed by atoms with Crippen LogP contribution < -0.4 is 0 Å². The van der Waals surface area contributed by atoms with E-state index in [1.807, 2.05) is 20.8 Å². The molecule has 1 aliphatic carbocycles. The molecule has 2 heteroatoms. The minimum atomic E-state index is -0.523. The van der Waals surface area contributed by atoms with Crippen LogP contribution in [0.4, 0.5) is 0 Å². The van der Waals surface area contributed by atoms with Gasteiger partial charge >= 0.3 is 5.97 Å². The topological polar surface area (TPSA) is 26.3 Å². The Kier molecular flexibility index (Phi) is 5.00. The van der Waals surface area contributed by atoms with Gasteiger partial charge in [-0.25, -0.2) is 0 Å². The molecule has 1 aliphatic rings. The summed E-state index contributed by atoms with van der Waals surface area (Å²) in [5, 5.41) is 0. The summed E-state index contributed by atoms with van der Waals surface area (Å²) in [5.41, 5.74) is 1.74. The van der Waals surface area contributed by atoms with Crippen LogP contribution in [0.25, 0.3) is 0 Å². The number of terminal acetylenes is 1. The predicted molar refractivity (Wildman–Crippen MR) is 78.4 cm³/mol. The number of rotatable bonds is 3. The van der Waals surface area contributed by atoms with Gasteiger partial charge in [0.05, 0.1) is 5.41 Å². The first-order chi connectivity index (χ1) is 8.75. The Morgan fingerprint density at radius 3 is 2.58 bits per heavy atom. The zero-order valence-electron chi connectivity index (χ0n) is 12.5. The maximum atomic E-state index is 11.9. The number of hydrogen-bond acceptors (Lipinski definition) is 2. The first-order valence-corrected chi connectivity index (χ1v) is 6.77. The van der Waals surface area contributed by atoms with Crippen LogP contribution in [-0.2, 0) is 9.53 Å². The Labute approximate surface area is 116 Å². The molecule has 0 aliphatic heterocycles. The van der Waals surface area contributed by atoms with Gasteiger partial charge in [0.25, 0.3) is 0 Å². The first kappa shape index (κ1) is 15.6. The van der Waals surface area contributed by atoms with Crippen LogP contribution in [0.5, 0.6) is 0 Å². The fourth-order valence-corrected chi connectivity index (χ4v) is 2.04. The molecule has 0 amide bonds. The van der Waals surface area contributed by atoms with Crippen LogP contribution in [0.1, 0.15) is 47.0 Å². The van der Waals surface area contributed by atoms with Crippen molar-refractivity contribution in [2.75, 3.05) is 0 Å². The van der Waals surface area contributed by atoms with E-state index in [1.54, 1.807) is 0 Å². The maximum absolute atomic E-state index is 11.9. The monoisotopic (exact) mass is 260 g/mol. The van der Waals surface area contributed by atoms with E-state index < -0.39 is 11.5 Å². The molecule has 0 saturated carbocycles. The van der Waals surface area contributed by atoms with E-state index >= 15 is 0 Å². The largest absolute Gasteiger partial charge is 0.444 e. The third kappa shape index (κ3) is 4.28. The Hall–Kier alpha value is -1.49. The first-order valence-electron chi connectivity index (χ1n) is 6.77. The van der Waals surface area contributed by atoms with Gasteiger partial charge in [-0.3, -0.25) is 4.79 Å². The van der Waals surface area contributed by atoms with Crippen molar-refractivity contribution in [3.05, 3.63) is 23.8 Å². The van der Waals surface area contributed by atoms with E-state index in [4.69, 9.17) is 11.2 Å². The normalized spacial score (nSPS) is 21.0. The van der Waals surface area contributed by atoms with Crippen molar-refractivity contribution in [2.45, 2.75) is 53.1 Å². The van der Waals surface area contributed by atoms with Crippen LogP contribution in [0.2, 0.25) is 0 Å². The van der Waals surface area contributed by atoms with Crippen molar-refractivity contribution in [1.82, 2.24) is 0 Å². The maximum Gasteiger partial charge on any atom is 0.312 e. The van der Waals surface area contributed by atoms with Crippen molar-refractivity contribution in [1.29, 1.82) is 0 Å². The van der Waals surface area contributed by atoms with Gasteiger partial charge in [0.2, 0.25) is 0 Å². The molecule has 2 unspecified atom stereocenters. The Morgan fingerprint density at radius 1 is 1.58 bits per heavy atom. The Bertz CT molecular complexity index is 429. The van der Waals surface area contributed by atoms with E-state index in [1.165, 1.54) is 5.57 Å². The zero-order valence-corrected chi connectivity index (χ0v) is 12.5. The SMILES string of the molecule is C#CC(OC(=O)C(C)(C)C)C1=CCC(C(=C)C)CC1. The summed E-state index contributed by atoms with van der Waals surface area (Å²) in [4.78, 5) is 11.9. The summed E-state index contributed by atoms with van der Waals surface area (Å²) in [5.74, 6) is 2.86. The molecule has 0 fully saturated rings. The molecule has 104 valence electrons. The molecule has 1 rings (SSSR count). The summed E-state index contributed by atoms with van der Waals surface area (Å²) in [7, 11) is 0. The summed E-state index contributed by atoms with van der Waals surface area (Å²) in [6.45, 7) is 11.5. The average Bonchev–Trinajstić information content (AvgIpc) is 2.34. The van der Waals surface area contributed by atoms with Crippen molar-refractivity contribution < 1.29 is 9.53 Å². The molecule has 0 saturated heterocycles. The lowest BCUT2D eigenvalue weighted by molar-refractivity contribution is -0.154. The minimum Gasteiger partial charge on any atom is -0.444 e. The fourth-order valence-electron chi connectivity index (χ4n) is 2.04. The van der Waals surface area contributed by atoms with E-state index in [0.29, 0.717) is 5.92 Å². The lowest BCUT2D eigenvalue weighted by atomic mass is 9.84. The molecule has 2 nitrogen and oxygen atoms in total. The average molecular weight is 260 g/mol. The number of esters is 1. The predicted octanol–water partition coefficient (Wildman–Crippen LogP) is 3.88. The van der Waals surface area contributed by atoms with Crippen LogP contribution in [0, 0.1) is 23.7 Å². The zero-order chi connectivity index (χ0) is 14.6. The van der Waals surface area contributed by atoms with Gasteiger partial charge < -0.3 is 4.74 Å². The molecular formula is C17H24O2. The Morgan fingerprint density at radius 2 is 2.21 bits per heavy atom. The van der Waals surface area contributed by atoms with Gasteiger partial charge in [-0.05, 0) is 58.4 Å². The highest BCUT2D eigenvalue weighted by molar-refractivity contribution is 5.76. The fraction of sp³-hybridized carbons (Fsp3) is 0.588. The molecule has 0 radical (unpaired) electrons. The van der Waals surface area contributed by atoms with Crippen LogP contribution in [-0.4, -0.2) is 12.1 Å². The molecule has 0 aromatic carbocycles. The highest BCUT2D eigenvalue weighted by Crippen LogP contribution is 2.31. The van der Waals surface area contributed by atoms with Crippen LogP contribution in [0.3, 0.4) is 0 Å².